The number of likely N-dealkylation sites (tertiary alicyclic amines) is 1. The van der Waals surface area contributed by atoms with Gasteiger partial charge in [0.15, 0.2) is 0 Å². The lowest BCUT2D eigenvalue weighted by molar-refractivity contribution is 0.0533. The minimum atomic E-state index is -3.24. The van der Waals surface area contributed by atoms with Crippen LogP contribution in [0.5, 0.6) is 0 Å². The maximum Gasteiger partial charge on any atom is 0.253 e. The predicted octanol–water partition coefficient (Wildman–Crippen LogP) is 1.85. The quantitative estimate of drug-likeness (QED) is 0.839. The monoisotopic (exact) mass is 387 g/mol. The average Bonchev–Trinajstić information content (AvgIpc) is 2.88. The number of carbonyl (C=O) groups excluding carboxylic acids is 1. The van der Waals surface area contributed by atoms with E-state index in [9.17, 15) is 13.2 Å². The molecule has 3 rings (SSSR count). The number of benzene rings is 1. The van der Waals surface area contributed by atoms with E-state index in [1.165, 1.54) is 4.31 Å². The summed E-state index contributed by atoms with van der Waals surface area (Å²) in [4.78, 5) is 14.7. The molecule has 1 atom stereocenters. The maximum absolute atomic E-state index is 12.8. The SMILES string of the molecule is CC1(C)CN(C(=O)c2cccc(N3CCCS3(=O)=O)c2)CCC1N.Cl. The molecule has 0 saturated carbocycles. The van der Waals surface area contributed by atoms with Gasteiger partial charge in [0.25, 0.3) is 5.91 Å². The molecule has 2 heterocycles. The van der Waals surface area contributed by atoms with Crippen molar-refractivity contribution in [3.05, 3.63) is 29.8 Å². The summed E-state index contributed by atoms with van der Waals surface area (Å²) >= 11 is 0. The summed E-state index contributed by atoms with van der Waals surface area (Å²) in [5.74, 6) is 0.108. The van der Waals surface area contributed by atoms with Gasteiger partial charge in [-0.3, -0.25) is 9.10 Å². The normalized spacial score (nSPS) is 24.7. The summed E-state index contributed by atoms with van der Waals surface area (Å²) in [6.45, 7) is 5.87. The maximum atomic E-state index is 12.8. The van der Waals surface area contributed by atoms with Crippen LogP contribution in [0.2, 0.25) is 0 Å². The number of hydrogen-bond acceptors (Lipinski definition) is 4. The summed E-state index contributed by atoms with van der Waals surface area (Å²) in [6, 6.07) is 7.01. The van der Waals surface area contributed by atoms with Crippen molar-refractivity contribution in [1.82, 2.24) is 4.90 Å². The van der Waals surface area contributed by atoms with Gasteiger partial charge in [-0.2, -0.15) is 0 Å². The van der Waals surface area contributed by atoms with Gasteiger partial charge in [0.05, 0.1) is 11.4 Å². The molecule has 0 bridgehead atoms. The highest BCUT2D eigenvalue weighted by Gasteiger charge is 2.36. The Labute approximate surface area is 155 Å². The largest absolute Gasteiger partial charge is 0.338 e. The van der Waals surface area contributed by atoms with E-state index in [0.717, 1.165) is 6.42 Å². The molecule has 6 nitrogen and oxygen atoms in total. The number of nitrogens with zero attached hydrogens (tertiary/aromatic N) is 2. The summed E-state index contributed by atoms with van der Waals surface area (Å²) in [7, 11) is -3.24. The third-order valence-electron chi connectivity index (χ3n) is 5.08. The molecule has 0 spiro atoms. The van der Waals surface area contributed by atoms with Crippen molar-refractivity contribution in [2.75, 3.05) is 29.7 Å². The van der Waals surface area contributed by atoms with Gasteiger partial charge in [-0.1, -0.05) is 19.9 Å². The highest BCUT2D eigenvalue weighted by molar-refractivity contribution is 7.93. The minimum absolute atomic E-state index is 0. The molecule has 2 saturated heterocycles. The van der Waals surface area contributed by atoms with Crippen LogP contribution in [0.1, 0.15) is 37.0 Å². The lowest BCUT2D eigenvalue weighted by atomic mass is 9.79. The zero-order chi connectivity index (χ0) is 17.5. The Morgan fingerprint density at radius 2 is 2.00 bits per heavy atom. The number of carbonyl (C=O) groups is 1. The van der Waals surface area contributed by atoms with Crippen LogP contribution in [0.3, 0.4) is 0 Å². The number of sulfonamides is 1. The first-order chi connectivity index (χ1) is 11.2. The summed E-state index contributed by atoms with van der Waals surface area (Å²) in [6.07, 6.45) is 1.40. The molecule has 2 aliphatic heterocycles. The van der Waals surface area contributed by atoms with E-state index in [4.69, 9.17) is 5.73 Å². The second-order valence-corrected chi connectivity index (χ2v) is 9.42. The van der Waals surface area contributed by atoms with Crippen molar-refractivity contribution in [2.24, 2.45) is 11.1 Å². The fourth-order valence-corrected chi connectivity index (χ4v) is 5.01. The van der Waals surface area contributed by atoms with E-state index in [1.54, 1.807) is 24.3 Å². The number of anilines is 1. The molecule has 0 radical (unpaired) electrons. The van der Waals surface area contributed by atoms with Crippen molar-refractivity contribution < 1.29 is 13.2 Å². The summed E-state index contributed by atoms with van der Waals surface area (Å²) in [5, 5.41) is 0. The molecule has 0 aromatic heterocycles. The van der Waals surface area contributed by atoms with E-state index < -0.39 is 10.0 Å². The van der Waals surface area contributed by atoms with Gasteiger partial charge in [-0.15, -0.1) is 12.4 Å². The van der Waals surface area contributed by atoms with Gasteiger partial charge in [-0.25, -0.2) is 8.42 Å². The lowest BCUT2D eigenvalue weighted by Crippen LogP contribution is -2.54. The molecular weight excluding hydrogens is 362 g/mol. The van der Waals surface area contributed by atoms with Crippen LogP contribution in [0, 0.1) is 5.41 Å². The Morgan fingerprint density at radius 1 is 1.28 bits per heavy atom. The molecule has 140 valence electrons. The smallest absolute Gasteiger partial charge is 0.253 e. The topological polar surface area (TPSA) is 83.7 Å². The zero-order valence-electron chi connectivity index (χ0n) is 14.6. The summed E-state index contributed by atoms with van der Waals surface area (Å²) < 4.78 is 25.6. The Hall–Kier alpha value is -1.31. The molecule has 25 heavy (non-hydrogen) atoms. The Balaban J connectivity index is 0.00000225. The average molecular weight is 388 g/mol. The Morgan fingerprint density at radius 3 is 2.60 bits per heavy atom. The fourth-order valence-electron chi connectivity index (χ4n) is 3.45. The van der Waals surface area contributed by atoms with Crippen LogP contribution in [-0.4, -0.2) is 50.7 Å². The van der Waals surface area contributed by atoms with E-state index in [1.807, 2.05) is 4.90 Å². The first-order valence-corrected chi connectivity index (χ1v) is 9.97. The number of hydrogen-bond donors (Lipinski definition) is 1. The standard InChI is InChI=1S/C17H25N3O3S.ClH/c1-17(2)12-19(9-7-15(17)18)16(21)13-5-3-6-14(11-13)20-8-4-10-24(20,22)23;/h3,5-6,11,15H,4,7-10,12,18H2,1-2H3;1H. The number of halogens is 1. The van der Waals surface area contributed by atoms with Crippen LogP contribution < -0.4 is 10.0 Å². The van der Waals surface area contributed by atoms with Gasteiger partial charge in [-0.05, 0) is 36.5 Å². The molecular formula is C17H26ClN3O3S. The van der Waals surface area contributed by atoms with Gasteiger partial charge in [0, 0.05) is 31.2 Å². The molecule has 2 N–H and O–H groups in total. The van der Waals surface area contributed by atoms with Crippen LogP contribution in [0.15, 0.2) is 24.3 Å². The fraction of sp³-hybridized carbons (Fsp3) is 0.588. The van der Waals surface area contributed by atoms with Gasteiger partial charge < -0.3 is 10.6 Å². The Bertz CT molecular complexity index is 751. The molecule has 1 aromatic rings. The lowest BCUT2D eigenvalue weighted by Gasteiger charge is -2.42. The zero-order valence-corrected chi connectivity index (χ0v) is 16.3. The van der Waals surface area contributed by atoms with E-state index in [-0.39, 0.29) is 35.5 Å². The summed E-state index contributed by atoms with van der Waals surface area (Å²) in [5.41, 5.74) is 7.12. The second kappa shape index (κ2) is 7.13. The van der Waals surface area contributed by atoms with Crippen LogP contribution in [0.25, 0.3) is 0 Å². The first kappa shape index (κ1) is 20.0. The highest BCUT2D eigenvalue weighted by Crippen LogP contribution is 2.30. The third kappa shape index (κ3) is 3.93. The Kier molecular flexibility index (Phi) is 5.71. The number of rotatable bonds is 2. The molecule has 1 amide bonds. The molecule has 2 aliphatic rings. The van der Waals surface area contributed by atoms with Crippen molar-refractivity contribution in [3.63, 3.8) is 0 Å². The molecule has 8 heteroatoms. The van der Waals surface area contributed by atoms with E-state index in [0.29, 0.717) is 37.3 Å². The van der Waals surface area contributed by atoms with Crippen molar-refractivity contribution in [2.45, 2.75) is 32.7 Å². The third-order valence-corrected chi connectivity index (χ3v) is 6.95. The minimum Gasteiger partial charge on any atom is -0.338 e. The van der Waals surface area contributed by atoms with E-state index >= 15 is 0 Å². The second-order valence-electron chi connectivity index (χ2n) is 7.40. The molecule has 2 fully saturated rings. The van der Waals surface area contributed by atoms with Crippen LogP contribution in [-0.2, 0) is 10.0 Å². The molecule has 0 aliphatic carbocycles. The highest BCUT2D eigenvalue weighted by atomic mass is 35.5. The van der Waals surface area contributed by atoms with Crippen molar-refractivity contribution in [1.29, 1.82) is 0 Å². The van der Waals surface area contributed by atoms with E-state index in [2.05, 4.69) is 13.8 Å². The van der Waals surface area contributed by atoms with Crippen LogP contribution in [0.4, 0.5) is 5.69 Å². The predicted molar refractivity (Wildman–Crippen MR) is 102 cm³/mol. The van der Waals surface area contributed by atoms with Gasteiger partial charge in [0.2, 0.25) is 10.0 Å². The molecule has 1 unspecified atom stereocenters. The van der Waals surface area contributed by atoms with Crippen molar-refractivity contribution >= 4 is 34.0 Å². The number of piperidine rings is 1. The molecule has 1 aromatic carbocycles. The number of nitrogens with two attached hydrogens (primary N) is 1. The van der Waals surface area contributed by atoms with Crippen molar-refractivity contribution in [3.8, 4) is 0 Å². The van der Waals surface area contributed by atoms with Gasteiger partial charge >= 0.3 is 0 Å². The van der Waals surface area contributed by atoms with Gasteiger partial charge in [0.1, 0.15) is 0 Å². The first-order valence-electron chi connectivity index (χ1n) is 8.36. The van der Waals surface area contributed by atoms with Crippen LogP contribution >= 0.6 is 12.4 Å². The number of amides is 1.